The van der Waals surface area contributed by atoms with Crippen molar-refractivity contribution in [3.05, 3.63) is 41.7 Å². The van der Waals surface area contributed by atoms with Crippen LogP contribution in [0.25, 0.3) is 0 Å². The summed E-state index contributed by atoms with van der Waals surface area (Å²) in [6.07, 6.45) is 0.838. The maximum Gasteiger partial charge on any atom is 0.250 e. The molecule has 0 aliphatic rings. The van der Waals surface area contributed by atoms with Crippen LogP contribution in [0.2, 0.25) is 18.1 Å². The SMILES string of the molecule is Cc1c(Nc2ccc(O[Si](C)(C)C(C)(C)C)cc2)cc(C#N)n1CCCCl. The average molecular weight is 404 g/mol. The first kappa shape index (κ1) is 21.4. The first-order valence-electron chi connectivity index (χ1n) is 9.31. The number of nitrogens with one attached hydrogen (secondary N) is 1. The Morgan fingerprint density at radius 3 is 2.37 bits per heavy atom. The Hall–Kier alpha value is -1.90. The molecule has 1 aromatic carbocycles. The normalized spacial score (nSPS) is 11.9. The Labute approximate surface area is 169 Å². The molecule has 0 saturated heterocycles. The van der Waals surface area contributed by atoms with E-state index in [0.717, 1.165) is 35.8 Å². The smallest absolute Gasteiger partial charge is 0.250 e. The maximum absolute atomic E-state index is 9.39. The highest BCUT2D eigenvalue weighted by Gasteiger charge is 2.38. The second-order valence-electron chi connectivity index (χ2n) is 8.35. The average Bonchev–Trinajstić information content (AvgIpc) is 2.89. The molecule has 0 atom stereocenters. The van der Waals surface area contributed by atoms with Gasteiger partial charge in [-0.25, -0.2) is 0 Å². The van der Waals surface area contributed by atoms with E-state index in [1.165, 1.54) is 0 Å². The monoisotopic (exact) mass is 403 g/mol. The van der Waals surface area contributed by atoms with Gasteiger partial charge in [0.1, 0.15) is 17.5 Å². The number of rotatable bonds is 7. The number of nitriles is 1. The molecule has 1 heterocycles. The maximum atomic E-state index is 9.39. The van der Waals surface area contributed by atoms with E-state index in [0.29, 0.717) is 11.6 Å². The van der Waals surface area contributed by atoms with E-state index < -0.39 is 8.32 Å². The zero-order chi connectivity index (χ0) is 20.2. The highest BCUT2D eigenvalue weighted by molar-refractivity contribution is 6.74. The number of hydrogen-bond donors (Lipinski definition) is 1. The van der Waals surface area contributed by atoms with Crippen molar-refractivity contribution in [1.29, 1.82) is 5.26 Å². The van der Waals surface area contributed by atoms with Gasteiger partial charge in [0.2, 0.25) is 8.32 Å². The molecule has 0 fully saturated rings. The zero-order valence-electron chi connectivity index (χ0n) is 17.2. The van der Waals surface area contributed by atoms with Crippen molar-refractivity contribution >= 4 is 31.3 Å². The molecule has 146 valence electrons. The van der Waals surface area contributed by atoms with Crippen molar-refractivity contribution in [2.24, 2.45) is 0 Å². The second-order valence-corrected chi connectivity index (χ2v) is 13.4. The lowest BCUT2D eigenvalue weighted by atomic mass is 10.2. The minimum absolute atomic E-state index is 0.167. The topological polar surface area (TPSA) is 50.0 Å². The van der Waals surface area contributed by atoms with Gasteiger partial charge in [-0.3, -0.25) is 0 Å². The number of anilines is 2. The third-order valence-electron chi connectivity index (χ3n) is 5.31. The fourth-order valence-electron chi connectivity index (χ4n) is 2.58. The second kappa shape index (κ2) is 8.41. The molecule has 2 rings (SSSR count). The van der Waals surface area contributed by atoms with Gasteiger partial charge in [-0.1, -0.05) is 20.8 Å². The predicted molar refractivity (Wildman–Crippen MR) is 117 cm³/mol. The molecule has 0 unspecified atom stereocenters. The molecule has 4 nitrogen and oxygen atoms in total. The largest absolute Gasteiger partial charge is 0.544 e. The minimum atomic E-state index is -1.84. The van der Waals surface area contributed by atoms with Gasteiger partial charge >= 0.3 is 0 Å². The van der Waals surface area contributed by atoms with Gasteiger partial charge < -0.3 is 14.3 Å². The first-order chi connectivity index (χ1) is 12.6. The van der Waals surface area contributed by atoms with Crippen LogP contribution in [-0.2, 0) is 6.54 Å². The lowest BCUT2D eigenvalue weighted by Crippen LogP contribution is -2.43. The van der Waals surface area contributed by atoms with E-state index in [-0.39, 0.29) is 5.04 Å². The Balaban J connectivity index is 2.16. The Morgan fingerprint density at radius 2 is 1.85 bits per heavy atom. The molecule has 0 spiro atoms. The number of alkyl halides is 1. The summed E-state index contributed by atoms with van der Waals surface area (Å²) in [5, 5.41) is 13.0. The van der Waals surface area contributed by atoms with Gasteiger partial charge in [-0.15, -0.1) is 11.6 Å². The lowest BCUT2D eigenvalue weighted by molar-refractivity contribution is 0.492. The highest BCUT2D eigenvalue weighted by atomic mass is 35.5. The van der Waals surface area contributed by atoms with Crippen LogP contribution >= 0.6 is 11.6 Å². The quantitative estimate of drug-likeness (QED) is 0.428. The minimum Gasteiger partial charge on any atom is -0.544 e. The van der Waals surface area contributed by atoms with E-state index in [4.69, 9.17) is 16.0 Å². The van der Waals surface area contributed by atoms with E-state index in [9.17, 15) is 5.26 Å². The fourth-order valence-corrected chi connectivity index (χ4v) is 3.73. The van der Waals surface area contributed by atoms with Gasteiger partial charge in [-0.05, 0) is 61.8 Å². The molecule has 0 saturated carbocycles. The summed E-state index contributed by atoms with van der Waals surface area (Å²) in [5.41, 5.74) is 3.61. The van der Waals surface area contributed by atoms with Crippen molar-refractivity contribution in [1.82, 2.24) is 4.57 Å². The van der Waals surface area contributed by atoms with Crippen molar-refractivity contribution in [2.45, 2.75) is 58.8 Å². The summed E-state index contributed by atoms with van der Waals surface area (Å²) in [5.74, 6) is 1.49. The Bertz CT molecular complexity index is 814. The van der Waals surface area contributed by atoms with Crippen LogP contribution < -0.4 is 9.74 Å². The van der Waals surface area contributed by atoms with Crippen LogP contribution in [0.15, 0.2) is 30.3 Å². The fraction of sp³-hybridized carbons (Fsp3) is 0.476. The van der Waals surface area contributed by atoms with Crippen LogP contribution in [0, 0.1) is 18.3 Å². The van der Waals surface area contributed by atoms with Crippen molar-refractivity contribution in [3.63, 3.8) is 0 Å². The highest BCUT2D eigenvalue weighted by Crippen LogP contribution is 2.37. The molecular formula is C21H30ClN3OSi. The van der Waals surface area contributed by atoms with Gasteiger partial charge in [0.15, 0.2) is 0 Å². The van der Waals surface area contributed by atoms with Crippen LogP contribution in [0.5, 0.6) is 5.75 Å². The molecule has 6 heteroatoms. The summed E-state index contributed by atoms with van der Waals surface area (Å²) in [6, 6.07) is 12.2. The number of benzene rings is 1. The van der Waals surface area contributed by atoms with E-state index in [1.54, 1.807) is 0 Å². The molecular weight excluding hydrogens is 374 g/mol. The third kappa shape index (κ3) is 5.09. The summed E-state index contributed by atoms with van der Waals surface area (Å²) < 4.78 is 8.35. The molecule has 2 aromatic rings. The summed E-state index contributed by atoms with van der Waals surface area (Å²) >= 11 is 5.80. The van der Waals surface area contributed by atoms with Crippen LogP contribution in [0.3, 0.4) is 0 Å². The van der Waals surface area contributed by atoms with Crippen LogP contribution in [-0.4, -0.2) is 18.8 Å². The van der Waals surface area contributed by atoms with Crippen molar-refractivity contribution in [2.75, 3.05) is 11.2 Å². The van der Waals surface area contributed by atoms with Crippen molar-refractivity contribution < 1.29 is 4.43 Å². The van der Waals surface area contributed by atoms with E-state index in [2.05, 4.69) is 45.3 Å². The van der Waals surface area contributed by atoms with E-state index >= 15 is 0 Å². The number of aromatic nitrogens is 1. The van der Waals surface area contributed by atoms with Crippen LogP contribution in [0.1, 0.15) is 38.6 Å². The molecule has 0 radical (unpaired) electrons. The summed E-state index contributed by atoms with van der Waals surface area (Å²) in [4.78, 5) is 0. The van der Waals surface area contributed by atoms with Gasteiger partial charge in [0.25, 0.3) is 0 Å². The zero-order valence-corrected chi connectivity index (χ0v) is 18.9. The number of nitrogens with zero attached hydrogens (tertiary/aromatic N) is 2. The van der Waals surface area contributed by atoms with Gasteiger partial charge in [0, 0.05) is 23.8 Å². The number of hydrogen-bond acceptors (Lipinski definition) is 3. The Morgan fingerprint density at radius 1 is 1.22 bits per heavy atom. The van der Waals surface area contributed by atoms with Gasteiger partial charge in [0.05, 0.1) is 5.69 Å². The molecule has 0 aliphatic heterocycles. The standard InChI is InChI=1S/C21H30ClN3OSi/c1-16-20(14-18(15-23)25(16)13-7-12-22)24-17-8-10-19(11-9-17)26-27(5,6)21(2,3)4/h8-11,14,24H,7,12-13H2,1-6H3. The Kier molecular flexibility index (Phi) is 6.66. The first-order valence-corrected chi connectivity index (χ1v) is 12.8. The van der Waals surface area contributed by atoms with Crippen LogP contribution in [0.4, 0.5) is 11.4 Å². The lowest BCUT2D eigenvalue weighted by Gasteiger charge is -2.36. The van der Waals surface area contributed by atoms with Crippen molar-refractivity contribution in [3.8, 4) is 11.8 Å². The molecule has 1 N–H and O–H groups in total. The molecule has 0 amide bonds. The molecule has 0 bridgehead atoms. The van der Waals surface area contributed by atoms with Gasteiger partial charge in [-0.2, -0.15) is 5.26 Å². The predicted octanol–water partition coefficient (Wildman–Crippen LogP) is 6.42. The third-order valence-corrected chi connectivity index (χ3v) is 9.93. The van der Waals surface area contributed by atoms with E-state index in [1.807, 2.05) is 41.8 Å². The summed E-state index contributed by atoms with van der Waals surface area (Å²) in [6.45, 7) is 14.0. The number of halogens is 1. The molecule has 27 heavy (non-hydrogen) atoms. The summed E-state index contributed by atoms with van der Waals surface area (Å²) in [7, 11) is -1.84. The molecule has 1 aromatic heterocycles. The molecule has 0 aliphatic carbocycles.